The Kier molecular flexibility index (Phi) is 6.77. The highest BCUT2D eigenvalue weighted by Crippen LogP contribution is 2.34. The smallest absolute Gasteiger partial charge is 0.475 e. The van der Waals surface area contributed by atoms with Crippen molar-refractivity contribution in [3.8, 4) is 0 Å². The molecule has 2 aliphatic rings. The second-order valence-corrected chi connectivity index (χ2v) is 8.16. The number of carbonyl (C=O) groups is 1. The van der Waals surface area contributed by atoms with Crippen LogP contribution in [0.1, 0.15) is 0 Å². The van der Waals surface area contributed by atoms with Crippen molar-refractivity contribution in [3.05, 3.63) is 18.2 Å². The zero-order chi connectivity index (χ0) is 21.1. The number of carboxylic acids is 1. The predicted octanol–water partition coefficient (Wildman–Crippen LogP) is 0.249. The Hall–Kier alpha value is -2.06. The minimum absolute atomic E-state index is 0.0463. The maximum atomic E-state index is 12.8. The molecular formula is C14H18F4N4O5S. The van der Waals surface area contributed by atoms with E-state index in [0.717, 1.165) is 18.6 Å². The van der Waals surface area contributed by atoms with Crippen molar-refractivity contribution in [2.45, 2.75) is 12.3 Å². The molecule has 1 aromatic rings. The molecule has 3 atom stereocenters. The molecule has 0 bridgehead atoms. The van der Waals surface area contributed by atoms with Crippen LogP contribution in [0.2, 0.25) is 0 Å². The van der Waals surface area contributed by atoms with Crippen LogP contribution in [-0.4, -0.2) is 74.2 Å². The summed E-state index contributed by atoms with van der Waals surface area (Å²) in [4.78, 5) is 18.8. The molecule has 2 saturated heterocycles. The van der Waals surface area contributed by atoms with Gasteiger partial charge < -0.3 is 14.7 Å². The van der Waals surface area contributed by atoms with Crippen LogP contribution in [-0.2, 0) is 19.6 Å². The molecule has 3 rings (SSSR count). The second kappa shape index (κ2) is 8.53. The third kappa shape index (κ3) is 6.24. The van der Waals surface area contributed by atoms with E-state index in [9.17, 15) is 26.0 Å². The average Bonchev–Trinajstić information content (AvgIpc) is 3.13. The lowest BCUT2D eigenvalue weighted by Crippen LogP contribution is -2.33. The molecule has 0 aliphatic carbocycles. The highest BCUT2D eigenvalue weighted by Gasteiger charge is 2.44. The van der Waals surface area contributed by atoms with Gasteiger partial charge in [0, 0.05) is 31.5 Å². The third-order valence-electron chi connectivity index (χ3n) is 4.18. The van der Waals surface area contributed by atoms with E-state index in [-0.39, 0.29) is 17.9 Å². The summed E-state index contributed by atoms with van der Waals surface area (Å²) < 4.78 is 75.2. The highest BCUT2D eigenvalue weighted by molar-refractivity contribution is 7.88. The first kappa shape index (κ1) is 22.2. The number of ether oxygens (including phenoxy) is 1. The summed E-state index contributed by atoms with van der Waals surface area (Å²) in [6.07, 6.45) is -1.61. The van der Waals surface area contributed by atoms with Crippen LogP contribution in [0.3, 0.4) is 0 Å². The predicted molar refractivity (Wildman–Crippen MR) is 87.5 cm³/mol. The Morgan fingerprint density at radius 1 is 1.36 bits per heavy atom. The first-order chi connectivity index (χ1) is 12.9. The largest absolute Gasteiger partial charge is 0.490 e. The van der Waals surface area contributed by atoms with Gasteiger partial charge in [-0.3, -0.25) is 0 Å². The Morgan fingerprint density at radius 2 is 1.93 bits per heavy atom. The fourth-order valence-electron chi connectivity index (χ4n) is 2.90. The van der Waals surface area contributed by atoms with E-state index in [4.69, 9.17) is 14.6 Å². The molecule has 158 valence electrons. The maximum Gasteiger partial charge on any atom is 0.490 e. The van der Waals surface area contributed by atoms with Crippen molar-refractivity contribution in [1.82, 2.24) is 14.7 Å². The standard InChI is InChI=1S/C12H17FN4O3S.C2HF3O2/c1-21(18,19)16-2-8-7-20-11-6-17(5-10(8)11)12-14-3-9(13)4-15-12;3-2(4,5)1(6)7/h3-4,8,10-11,16H,2,5-7H2,1H3;(H,6,7)/t8-,10+,11+;/m0./s1. The van der Waals surface area contributed by atoms with Crippen LogP contribution in [0.4, 0.5) is 23.5 Å². The molecule has 0 amide bonds. The van der Waals surface area contributed by atoms with Crippen LogP contribution in [0.25, 0.3) is 0 Å². The van der Waals surface area contributed by atoms with E-state index < -0.39 is 28.0 Å². The van der Waals surface area contributed by atoms with Gasteiger partial charge in [-0.25, -0.2) is 32.3 Å². The van der Waals surface area contributed by atoms with Crippen molar-refractivity contribution in [2.75, 3.05) is 37.4 Å². The van der Waals surface area contributed by atoms with Crippen LogP contribution in [0.15, 0.2) is 12.4 Å². The van der Waals surface area contributed by atoms with E-state index in [1.165, 1.54) is 0 Å². The number of halogens is 4. The van der Waals surface area contributed by atoms with Gasteiger partial charge in [0.1, 0.15) is 0 Å². The quantitative estimate of drug-likeness (QED) is 0.652. The zero-order valence-corrected chi connectivity index (χ0v) is 15.4. The number of rotatable bonds is 4. The van der Waals surface area contributed by atoms with E-state index in [2.05, 4.69) is 14.7 Å². The normalized spacial score (nSPS) is 24.5. The first-order valence-electron chi connectivity index (χ1n) is 7.95. The maximum absolute atomic E-state index is 12.8. The molecule has 0 aromatic carbocycles. The van der Waals surface area contributed by atoms with Crippen molar-refractivity contribution in [3.63, 3.8) is 0 Å². The van der Waals surface area contributed by atoms with Gasteiger partial charge in [-0.2, -0.15) is 13.2 Å². The summed E-state index contributed by atoms with van der Waals surface area (Å²) in [6, 6.07) is 0. The number of alkyl halides is 3. The molecular weight excluding hydrogens is 412 g/mol. The molecule has 1 aromatic heterocycles. The zero-order valence-electron chi connectivity index (χ0n) is 14.6. The number of anilines is 1. The summed E-state index contributed by atoms with van der Waals surface area (Å²) in [6.45, 7) is 2.26. The topological polar surface area (TPSA) is 122 Å². The van der Waals surface area contributed by atoms with Crippen LogP contribution in [0, 0.1) is 17.7 Å². The Morgan fingerprint density at radius 3 is 2.43 bits per heavy atom. The number of nitrogens with one attached hydrogen (secondary N) is 1. The summed E-state index contributed by atoms with van der Waals surface area (Å²) in [7, 11) is -3.20. The highest BCUT2D eigenvalue weighted by atomic mass is 32.2. The van der Waals surface area contributed by atoms with Gasteiger partial charge in [-0.1, -0.05) is 0 Å². The van der Waals surface area contributed by atoms with Crippen molar-refractivity contribution >= 4 is 21.9 Å². The summed E-state index contributed by atoms with van der Waals surface area (Å²) in [5, 5.41) is 7.12. The number of aliphatic carboxylic acids is 1. The van der Waals surface area contributed by atoms with Gasteiger partial charge in [0.15, 0.2) is 5.82 Å². The molecule has 0 saturated carbocycles. The van der Waals surface area contributed by atoms with E-state index in [0.29, 0.717) is 32.2 Å². The number of aromatic nitrogens is 2. The number of fused-ring (bicyclic) bond motifs is 1. The lowest BCUT2D eigenvalue weighted by Gasteiger charge is -2.19. The number of hydrogen-bond donors (Lipinski definition) is 2. The summed E-state index contributed by atoms with van der Waals surface area (Å²) in [5.41, 5.74) is 0. The van der Waals surface area contributed by atoms with Crippen LogP contribution in [0.5, 0.6) is 0 Å². The molecule has 28 heavy (non-hydrogen) atoms. The molecule has 2 fully saturated rings. The van der Waals surface area contributed by atoms with Gasteiger partial charge in [0.2, 0.25) is 16.0 Å². The Labute approximate surface area is 157 Å². The lowest BCUT2D eigenvalue weighted by molar-refractivity contribution is -0.192. The second-order valence-electron chi connectivity index (χ2n) is 6.33. The fraction of sp³-hybridized carbons (Fsp3) is 0.643. The van der Waals surface area contributed by atoms with Crippen molar-refractivity contribution < 1.29 is 40.6 Å². The first-order valence-corrected chi connectivity index (χ1v) is 9.85. The number of sulfonamides is 1. The molecule has 2 N–H and O–H groups in total. The average molecular weight is 430 g/mol. The van der Waals surface area contributed by atoms with Gasteiger partial charge >= 0.3 is 12.1 Å². The van der Waals surface area contributed by atoms with Gasteiger partial charge in [-0.05, 0) is 0 Å². The van der Waals surface area contributed by atoms with Gasteiger partial charge in [0.25, 0.3) is 0 Å². The Bertz CT molecular complexity index is 790. The van der Waals surface area contributed by atoms with Crippen LogP contribution < -0.4 is 9.62 Å². The number of hydrogen-bond acceptors (Lipinski definition) is 7. The van der Waals surface area contributed by atoms with E-state index in [1.54, 1.807) is 0 Å². The number of nitrogens with zero attached hydrogens (tertiary/aromatic N) is 3. The van der Waals surface area contributed by atoms with E-state index >= 15 is 0 Å². The molecule has 0 radical (unpaired) electrons. The monoisotopic (exact) mass is 430 g/mol. The molecule has 14 heteroatoms. The summed E-state index contributed by atoms with van der Waals surface area (Å²) >= 11 is 0. The minimum Gasteiger partial charge on any atom is -0.475 e. The molecule has 0 unspecified atom stereocenters. The van der Waals surface area contributed by atoms with Crippen molar-refractivity contribution in [2.24, 2.45) is 11.8 Å². The van der Waals surface area contributed by atoms with Gasteiger partial charge in [-0.15, -0.1) is 0 Å². The Balaban J connectivity index is 0.000000345. The molecule has 0 spiro atoms. The van der Waals surface area contributed by atoms with Crippen molar-refractivity contribution in [1.29, 1.82) is 0 Å². The van der Waals surface area contributed by atoms with Crippen LogP contribution >= 0.6 is 0 Å². The summed E-state index contributed by atoms with van der Waals surface area (Å²) in [5.74, 6) is -2.38. The molecule has 3 heterocycles. The fourth-order valence-corrected chi connectivity index (χ4v) is 3.42. The molecule has 9 nitrogen and oxygen atoms in total. The SMILES string of the molecule is CS(=O)(=O)NC[C@H]1CO[C@@H]2CN(c3ncc(F)cn3)C[C@H]12.O=C(O)C(F)(F)F. The van der Waals surface area contributed by atoms with Gasteiger partial charge in [0.05, 0.1) is 31.4 Å². The lowest BCUT2D eigenvalue weighted by atomic mass is 9.93. The minimum atomic E-state index is -5.08. The number of carboxylic acid groups (broad SMARTS) is 1. The molecule has 2 aliphatic heterocycles. The van der Waals surface area contributed by atoms with E-state index in [1.807, 2.05) is 4.90 Å². The third-order valence-corrected chi connectivity index (χ3v) is 4.87.